The van der Waals surface area contributed by atoms with Crippen LogP contribution in [-0.2, 0) is 20.9 Å². The van der Waals surface area contributed by atoms with Crippen LogP contribution in [0.2, 0.25) is 0 Å². The van der Waals surface area contributed by atoms with Crippen molar-refractivity contribution in [1.82, 2.24) is 9.55 Å². The average Bonchev–Trinajstić information content (AvgIpc) is 2.79. The number of aromatic amines is 1. The van der Waals surface area contributed by atoms with E-state index in [1.54, 1.807) is 34.9 Å². The van der Waals surface area contributed by atoms with E-state index >= 15 is 0 Å². The Morgan fingerprint density at radius 2 is 1.91 bits per heavy atom. The van der Waals surface area contributed by atoms with Gasteiger partial charge in [-0.25, -0.2) is 4.79 Å². The molecule has 1 aromatic heterocycles. The molecule has 1 heterocycles. The molecule has 168 valence electrons. The molecule has 0 atom stereocenters. The van der Waals surface area contributed by atoms with Crippen molar-refractivity contribution in [3.05, 3.63) is 63.7 Å². The number of carbonyl (C=O) groups is 2. The number of fused-ring (bicyclic) bond motifs is 1. The van der Waals surface area contributed by atoms with E-state index in [-0.39, 0.29) is 18.1 Å². The van der Waals surface area contributed by atoms with E-state index in [0.29, 0.717) is 41.0 Å². The number of aromatic nitrogens is 2. The number of amides is 1. The Labute approximate surface area is 190 Å². The number of ether oxygens (including phenoxy) is 2. The number of esters is 1. The Morgan fingerprint density at radius 3 is 2.72 bits per heavy atom. The van der Waals surface area contributed by atoms with Crippen LogP contribution in [0.15, 0.2) is 53.3 Å². The second-order valence-electron chi connectivity index (χ2n) is 7.18. The molecule has 2 aromatic carbocycles. The number of hydrogen-bond donors (Lipinski definition) is 2. The summed E-state index contributed by atoms with van der Waals surface area (Å²) in [5, 5.41) is 3.43. The molecule has 3 rings (SSSR count). The zero-order valence-electron chi connectivity index (χ0n) is 17.8. The molecule has 0 aliphatic heterocycles. The fourth-order valence-corrected chi connectivity index (χ4v) is 3.51. The van der Waals surface area contributed by atoms with E-state index in [1.807, 2.05) is 18.2 Å². The van der Waals surface area contributed by atoms with Crippen LogP contribution in [0.5, 0.6) is 5.75 Å². The van der Waals surface area contributed by atoms with Gasteiger partial charge in [0.1, 0.15) is 5.75 Å². The number of anilines is 1. The second-order valence-corrected chi connectivity index (χ2v) is 7.57. The lowest BCUT2D eigenvalue weighted by Gasteiger charge is -2.09. The van der Waals surface area contributed by atoms with Gasteiger partial charge in [-0.2, -0.15) is 0 Å². The molecule has 0 aliphatic carbocycles. The van der Waals surface area contributed by atoms with Crippen LogP contribution < -0.4 is 15.6 Å². The number of benzene rings is 2. The fourth-order valence-electron chi connectivity index (χ4n) is 3.22. The van der Waals surface area contributed by atoms with E-state index in [9.17, 15) is 14.4 Å². The number of nitrogens with one attached hydrogen (secondary N) is 2. The fraction of sp³-hybridized carbons (Fsp3) is 0.304. The molecule has 32 heavy (non-hydrogen) atoms. The largest absolute Gasteiger partial charge is 0.482 e. The molecular weight excluding hydrogens is 430 g/mol. The normalized spacial score (nSPS) is 10.7. The first-order valence-electron chi connectivity index (χ1n) is 10.3. The average molecular weight is 456 g/mol. The van der Waals surface area contributed by atoms with Gasteiger partial charge in [0.25, 0.3) is 5.56 Å². The lowest BCUT2D eigenvalue weighted by atomic mass is 10.1. The lowest BCUT2D eigenvalue weighted by Crippen LogP contribution is -2.22. The molecule has 0 radical (unpaired) electrons. The molecule has 0 saturated carbocycles. The van der Waals surface area contributed by atoms with Crippen molar-refractivity contribution < 1.29 is 19.1 Å². The number of H-pyrrole nitrogens is 1. The molecule has 8 nitrogen and oxygen atoms in total. The van der Waals surface area contributed by atoms with Gasteiger partial charge in [-0.3, -0.25) is 14.2 Å². The first-order chi connectivity index (χ1) is 15.5. The van der Waals surface area contributed by atoms with Gasteiger partial charge in [-0.1, -0.05) is 24.6 Å². The van der Waals surface area contributed by atoms with Crippen molar-refractivity contribution in [2.45, 2.75) is 32.2 Å². The van der Waals surface area contributed by atoms with Gasteiger partial charge in [0.05, 0.1) is 18.0 Å². The van der Waals surface area contributed by atoms with E-state index in [1.165, 1.54) is 7.11 Å². The maximum Gasteiger partial charge on any atom is 0.343 e. The summed E-state index contributed by atoms with van der Waals surface area (Å²) in [6.45, 7) is 0.304. The lowest BCUT2D eigenvalue weighted by molar-refractivity contribution is -0.142. The maximum absolute atomic E-state index is 12.6. The molecule has 2 N–H and O–H groups in total. The minimum absolute atomic E-state index is 0.101. The van der Waals surface area contributed by atoms with Crippen LogP contribution in [0.3, 0.4) is 0 Å². The van der Waals surface area contributed by atoms with Crippen LogP contribution in [0, 0.1) is 4.77 Å². The zero-order valence-corrected chi connectivity index (χ0v) is 18.6. The van der Waals surface area contributed by atoms with Gasteiger partial charge in [0.15, 0.2) is 11.4 Å². The molecule has 0 unspecified atom stereocenters. The summed E-state index contributed by atoms with van der Waals surface area (Å²) in [5.74, 6) is -0.132. The summed E-state index contributed by atoms with van der Waals surface area (Å²) >= 11 is 5.32. The van der Waals surface area contributed by atoms with Crippen molar-refractivity contribution in [1.29, 1.82) is 0 Å². The number of rotatable bonds is 10. The summed E-state index contributed by atoms with van der Waals surface area (Å²) in [4.78, 5) is 39.1. The van der Waals surface area contributed by atoms with E-state index in [0.717, 1.165) is 18.4 Å². The SMILES string of the molecule is COC(=O)COc1cccc(NC(=O)CCCCCn2c(=S)[nH]c3ccccc3c2=O)c1. The van der Waals surface area contributed by atoms with Crippen LogP contribution in [0.25, 0.3) is 10.9 Å². The molecule has 0 saturated heterocycles. The molecule has 0 bridgehead atoms. The zero-order chi connectivity index (χ0) is 22.9. The van der Waals surface area contributed by atoms with E-state index in [2.05, 4.69) is 15.0 Å². The Bertz CT molecular complexity index is 1220. The molecule has 3 aromatic rings. The monoisotopic (exact) mass is 455 g/mol. The third kappa shape index (κ3) is 6.27. The summed E-state index contributed by atoms with van der Waals surface area (Å²) in [6, 6.07) is 14.1. The summed E-state index contributed by atoms with van der Waals surface area (Å²) in [5.41, 5.74) is 1.22. The van der Waals surface area contributed by atoms with Crippen molar-refractivity contribution in [3.63, 3.8) is 0 Å². The van der Waals surface area contributed by atoms with E-state index < -0.39 is 5.97 Å². The van der Waals surface area contributed by atoms with Crippen molar-refractivity contribution >= 4 is 40.7 Å². The number of nitrogens with zero attached hydrogens (tertiary/aromatic N) is 1. The maximum atomic E-state index is 12.6. The minimum atomic E-state index is -0.480. The van der Waals surface area contributed by atoms with Gasteiger partial charge < -0.3 is 19.8 Å². The molecule has 0 spiro atoms. The van der Waals surface area contributed by atoms with Crippen molar-refractivity contribution in [2.75, 3.05) is 19.0 Å². The first-order valence-corrected chi connectivity index (χ1v) is 10.7. The Balaban J connectivity index is 1.44. The van der Waals surface area contributed by atoms with E-state index in [4.69, 9.17) is 17.0 Å². The highest BCUT2D eigenvalue weighted by atomic mass is 32.1. The van der Waals surface area contributed by atoms with Crippen LogP contribution in [-0.4, -0.2) is 35.1 Å². The van der Waals surface area contributed by atoms with Gasteiger partial charge in [-0.05, 0) is 49.3 Å². The minimum Gasteiger partial charge on any atom is -0.482 e. The van der Waals surface area contributed by atoms with Gasteiger partial charge in [0, 0.05) is 24.7 Å². The van der Waals surface area contributed by atoms with Crippen LogP contribution in [0.1, 0.15) is 25.7 Å². The Kier molecular flexibility index (Phi) is 8.15. The van der Waals surface area contributed by atoms with Gasteiger partial charge in [-0.15, -0.1) is 0 Å². The molecule has 0 fully saturated rings. The smallest absolute Gasteiger partial charge is 0.343 e. The van der Waals surface area contributed by atoms with Crippen LogP contribution in [0.4, 0.5) is 5.69 Å². The topological polar surface area (TPSA) is 102 Å². The predicted octanol–water partition coefficient (Wildman–Crippen LogP) is 3.81. The quantitative estimate of drug-likeness (QED) is 0.274. The van der Waals surface area contributed by atoms with Crippen LogP contribution >= 0.6 is 12.2 Å². The number of carbonyl (C=O) groups excluding carboxylic acids is 2. The number of unbranched alkanes of at least 4 members (excludes halogenated alkanes) is 2. The highest BCUT2D eigenvalue weighted by Crippen LogP contribution is 2.18. The Morgan fingerprint density at radius 1 is 1.09 bits per heavy atom. The van der Waals surface area contributed by atoms with Gasteiger partial charge >= 0.3 is 5.97 Å². The molecule has 0 aliphatic rings. The molecule has 1 amide bonds. The molecular formula is C23H25N3O5S. The predicted molar refractivity (Wildman–Crippen MR) is 124 cm³/mol. The first kappa shape index (κ1) is 23.2. The summed E-state index contributed by atoms with van der Waals surface area (Å²) in [6.07, 6.45) is 2.56. The third-order valence-electron chi connectivity index (χ3n) is 4.88. The third-order valence-corrected chi connectivity index (χ3v) is 5.20. The number of methoxy groups -OCH3 is 1. The van der Waals surface area contributed by atoms with Crippen molar-refractivity contribution in [2.24, 2.45) is 0 Å². The summed E-state index contributed by atoms with van der Waals surface area (Å²) in [7, 11) is 1.29. The summed E-state index contributed by atoms with van der Waals surface area (Å²) < 4.78 is 11.8. The second kappa shape index (κ2) is 11.2. The highest BCUT2D eigenvalue weighted by molar-refractivity contribution is 7.71. The highest BCUT2D eigenvalue weighted by Gasteiger charge is 2.07. The molecule has 9 heteroatoms. The Hall–Kier alpha value is -3.46. The number of hydrogen-bond acceptors (Lipinski definition) is 6. The van der Waals surface area contributed by atoms with Crippen molar-refractivity contribution in [3.8, 4) is 5.75 Å². The standard InChI is InChI=1S/C23H25N3O5S/c1-30-21(28)15-31-17-9-7-8-16(14-17)24-20(27)12-3-2-6-13-26-22(29)18-10-4-5-11-19(18)25-23(26)32/h4-5,7-11,14H,2-3,6,12-13,15H2,1H3,(H,24,27)(H,25,32). The number of para-hydroxylation sites is 1. The van der Waals surface area contributed by atoms with Gasteiger partial charge in [0.2, 0.25) is 5.91 Å².